The van der Waals surface area contributed by atoms with Gasteiger partial charge in [-0.2, -0.15) is 0 Å². The van der Waals surface area contributed by atoms with Crippen molar-refractivity contribution in [3.8, 4) is 0 Å². The molecule has 0 saturated heterocycles. The molecule has 0 heterocycles. The van der Waals surface area contributed by atoms with Crippen LogP contribution in [0.4, 0.5) is 0 Å². The number of alkyl halides is 1. The minimum Gasteiger partial charge on any atom is -0.300 e. The van der Waals surface area contributed by atoms with Gasteiger partial charge in [-0.3, -0.25) is 9.59 Å². The number of ketones is 2. The zero-order chi connectivity index (χ0) is 17.1. The van der Waals surface area contributed by atoms with Gasteiger partial charge in [0.15, 0.2) is 5.78 Å². The highest BCUT2D eigenvalue weighted by molar-refractivity contribution is 14.1. The van der Waals surface area contributed by atoms with Gasteiger partial charge in [-0.05, 0) is 86.5 Å². The summed E-state index contributed by atoms with van der Waals surface area (Å²) in [6, 6.07) is 0. The first kappa shape index (κ1) is 17.2. The molecule has 24 heavy (non-hydrogen) atoms. The molecule has 3 saturated carbocycles. The monoisotopic (exact) mass is 440 g/mol. The molecule has 0 aromatic carbocycles. The Morgan fingerprint density at radius 3 is 2.67 bits per heavy atom. The Kier molecular flexibility index (Phi) is 4.25. The average molecular weight is 440 g/mol. The molecule has 0 aliphatic heterocycles. The minimum atomic E-state index is 0.253. The van der Waals surface area contributed by atoms with E-state index in [1.54, 1.807) is 0 Å². The Labute approximate surface area is 159 Å². The van der Waals surface area contributed by atoms with Crippen molar-refractivity contribution in [2.75, 3.05) is 4.43 Å². The number of hydrogen-bond acceptors (Lipinski definition) is 2. The largest absolute Gasteiger partial charge is 0.300 e. The van der Waals surface area contributed by atoms with E-state index in [0.717, 1.165) is 47.9 Å². The third kappa shape index (κ3) is 2.25. The smallest absolute Gasteiger partial charge is 0.155 e. The number of fused-ring (bicyclic) bond motifs is 5. The van der Waals surface area contributed by atoms with Crippen molar-refractivity contribution >= 4 is 34.2 Å². The quantitative estimate of drug-likeness (QED) is 0.440. The molecule has 6 atom stereocenters. The van der Waals surface area contributed by atoms with Gasteiger partial charge in [0.2, 0.25) is 0 Å². The van der Waals surface area contributed by atoms with Crippen LogP contribution in [0.15, 0.2) is 11.6 Å². The summed E-state index contributed by atoms with van der Waals surface area (Å²) in [5.41, 5.74) is 1.97. The van der Waals surface area contributed by atoms with Crippen molar-refractivity contribution in [2.45, 2.75) is 65.2 Å². The number of halogens is 1. The van der Waals surface area contributed by atoms with Gasteiger partial charge in [-0.25, -0.2) is 0 Å². The highest BCUT2D eigenvalue weighted by Crippen LogP contribution is 2.67. The lowest BCUT2D eigenvalue weighted by Crippen LogP contribution is -2.52. The van der Waals surface area contributed by atoms with Crippen molar-refractivity contribution in [3.63, 3.8) is 0 Å². The maximum atomic E-state index is 12.3. The zero-order valence-corrected chi connectivity index (χ0v) is 17.1. The lowest BCUT2D eigenvalue weighted by atomic mass is 9.46. The molecule has 0 bridgehead atoms. The first-order valence-corrected chi connectivity index (χ1v) is 11.3. The molecule has 0 radical (unpaired) electrons. The Bertz CT molecular complexity index is 609. The number of Topliss-reactive ketones (excluding diaryl/α,β-unsaturated/α-hetero) is 1. The molecule has 0 unspecified atom stereocenters. The van der Waals surface area contributed by atoms with Gasteiger partial charge < -0.3 is 0 Å². The van der Waals surface area contributed by atoms with E-state index in [2.05, 4.69) is 29.5 Å². The summed E-state index contributed by atoms with van der Waals surface area (Å²) >= 11 is 2.56. The molecular weight excluding hydrogens is 411 g/mol. The number of carbonyl (C=O) groups excluding carboxylic acids is 2. The normalized spacial score (nSPS) is 47.5. The predicted molar refractivity (Wildman–Crippen MR) is 104 cm³/mol. The topological polar surface area (TPSA) is 34.1 Å². The van der Waals surface area contributed by atoms with E-state index >= 15 is 0 Å². The molecule has 0 N–H and O–H groups in total. The highest BCUT2D eigenvalue weighted by Gasteiger charge is 2.61. The number of rotatable bonds is 2. The summed E-state index contributed by atoms with van der Waals surface area (Å²) in [5, 5.41) is 0. The molecule has 0 amide bonds. The predicted octanol–water partition coefficient (Wildman–Crippen LogP) is 5.14. The maximum Gasteiger partial charge on any atom is 0.155 e. The van der Waals surface area contributed by atoms with Crippen LogP contribution in [0.1, 0.15) is 65.2 Å². The molecular formula is C21H29IO2. The molecule has 0 spiro atoms. The van der Waals surface area contributed by atoms with E-state index in [1.807, 2.05) is 13.0 Å². The van der Waals surface area contributed by atoms with Gasteiger partial charge in [0.25, 0.3) is 0 Å². The highest BCUT2D eigenvalue weighted by atomic mass is 127. The lowest BCUT2D eigenvalue weighted by molar-refractivity contribution is -0.128. The van der Waals surface area contributed by atoms with Crippen LogP contribution in [-0.4, -0.2) is 16.0 Å². The molecule has 2 nitrogen and oxygen atoms in total. The fourth-order valence-corrected chi connectivity index (χ4v) is 8.72. The standard InChI is InChI=1S/C21H29IO2/c1-13(23)17-5-6-19-16-4-3-14-11-15(24)7-9-20(14,2)18(16)8-10-21(17,19)12-22/h11,16-19H,3-10,12H2,1-2H3/t16-,17-,18+,19+,20+,21+/m1/s1. The molecule has 4 aliphatic rings. The molecule has 3 heteroatoms. The second-order valence-electron chi connectivity index (χ2n) is 9.11. The summed E-state index contributed by atoms with van der Waals surface area (Å²) in [6.07, 6.45) is 11.0. The zero-order valence-electron chi connectivity index (χ0n) is 14.9. The van der Waals surface area contributed by atoms with Crippen molar-refractivity contribution in [1.29, 1.82) is 0 Å². The van der Waals surface area contributed by atoms with E-state index in [0.29, 0.717) is 17.5 Å². The van der Waals surface area contributed by atoms with E-state index < -0.39 is 0 Å². The second-order valence-corrected chi connectivity index (χ2v) is 9.88. The second kappa shape index (κ2) is 5.92. The molecule has 4 rings (SSSR count). The summed E-state index contributed by atoms with van der Waals surface area (Å²) < 4.78 is 1.14. The maximum absolute atomic E-state index is 12.3. The fourth-order valence-electron chi connectivity index (χ4n) is 7.24. The average Bonchev–Trinajstić information content (AvgIpc) is 2.95. The van der Waals surface area contributed by atoms with Gasteiger partial charge >= 0.3 is 0 Å². The van der Waals surface area contributed by atoms with Gasteiger partial charge in [-0.15, -0.1) is 0 Å². The molecule has 132 valence electrons. The van der Waals surface area contributed by atoms with E-state index in [9.17, 15) is 9.59 Å². The number of hydrogen-bond donors (Lipinski definition) is 0. The Morgan fingerprint density at radius 2 is 1.96 bits per heavy atom. The van der Waals surface area contributed by atoms with E-state index in [1.165, 1.54) is 31.3 Å². The van der Waals surface area contributed by atoms with Gasteiger partial charge in [0.05, 0.1) is 0 Å². The van der Waals surface area contributed by atoms with Crippen molar-refractivity contribution in [3.05, 3.63) is 11.6 Å². The van der Waals surface area contributed by atoms with Crippen molar-refractivity contribution in [2.24, 2.45) is 34.5 Å². The summed E-state index contributed by atoms with van der Waals surface area (Å²) in [4.78, 5) is 24.2. The third-order valence-electron chi connectivity index (χ3n) is 8.42. The van der Waals surface area contributed by atoms with Crippen LogP contribution in [0, 0.1) is 34.5 Å². The summed E-state index contributed by atoms with van der Waals surface area (Å²) in [6.45, 7) is 4.26. The first-order chi connectivity index (χ1) is 11.4. The Balaban J connectivity index is 1.69. The minimum absolute atomic E-state index is 0.253. The molecule has 3 fully saturated rings. The fraction of sp³-hybridized carbons (Fsp3) is 0.810. The van der Waals surface area contributed by atoms with E-state index in [4.69, 9.17) is 0 Å². The summed E-state index contributed by atoms with van der Waals surface area (Å²) in [7, 11) is 0. The van der Waals surface area contributed by atoms with Crippen molar-refractivity contribution < 1.29 is 9.59 Å². The van der Waals surface area contributed by atoms with Gasteiger partial charge in [0.1, 0.15) is 5.78 Å². The van der Waals surface area contributed by atoms with Crippen LogP contribution < -0.4 is 0 Å². The van der Waals surface area contributed by atoms with Crippen LogP contribution in [0.3, 0.4) is 0 Å². The van der Waals surface area contributed by atoms with Crippen molar-refractivity contribution in [1.82, 2.24) is 0 Å². The first-order valence-electron chi connectivity index (χ1n) is 9.72. The molecule has 4 aliphatic carbocycles. The van der Waals surface area contributed by atoms with Crippen LogP contribution in [0.5, 0.6) is 0 Å². The van der Waals surface area contributed by atoms with Crippen LogP contribution in [0.2, 0.25) is 0 Å². The van der Waals surface area contributed by atoms with E-state index in [-0.39, 0.29) is 10.8 Å². The SMILES string of the molecule is CC(=O)[C@H]1CC[C@H]2[C@@H]3CCC4=CC(=O)CC[C@]4(C)[C@H]3CC[C@]12CI. The Hall–Kier alpha value is -0.190. The molecule has 0 aromatic rings. The lowest BCUT2D eigenvalue weighted by Gasteiger charge is -2.58. The van der Waals surface area contributed by atoms with Gasteiger partial charge in [-0.1, -0.05) is 35.1 Å². The summed E-state index contributed by atoms with van der Waals surface area (Å²) in [5.74, 6) is 3.32. The molecule has 0 aromatic heterocycles. The third-order valence-corrected chi connectivity index (χ3v) is 9.84. The Morgan fingerprint density at radius 1 is 1.17 bits per heavy atom. The van der Waals surface area contributed by atoms with Crippen LogP contribution in [0.25, 0.3) is 0 Å². The van der Waals surface area contributed by atoms with Crippen LogP contribution >= 0.6 is 22.6 Å². The number of allylic oxidation sites excluding steroid dienone is 1. The number of carbonyl (C=O) groups is 2. The van der Waals surface area contributed by atoms with Gasteiger partial charge in [0, 0.05) is 16.8 Å². The van der Waals surface area contributed by atoms with Crippen LogP contribution in [-0.2, 0) is 9.59 Å².